The molecule has 2 saturated heterocycles. The second kappa shape index (κ2) is 6.43. The molecule has 0 radical (unpaired) electrons. The van der Waals surface area contributed by atoms with Gasteiger partial charge in [0.25, 0.3) is 0 Å². The van der Waals surface area contributed by atoms with Crippen LogP contribution in [0, 0.1) is 0 Å². The number of likely N-dealkylation sites (tertiary alicyclic amines) is 1. The monoisotopic (exact) mass is 355 g/mol. The Balaban J connectivity index is 1.77. The van der Waals surface area contributed by atoms with Crippen molar-refractivity contribution in [3.63, 3.8) is 0 Å². The lowest BCUT2D eigenvalue weighted by atomic mass is 9.94. The topological polar surface area (TPSA) is 57.2 Å². The van der Waals surface area contributed by atoms with Crippen LogP contribution < -0.4 is 9.47 Å². The van der Waals surface area contributed by atoms with Crippen molar-refractivity contribution in [3.05, 3.63) is 23.8 Å². The number of hydrogen-bond donors (Lipinski definition) is 0. The van der Waals surface area contributed by atoms with Gasteiger partial charge in [0, 0.05) is 18.2 Å². The van der Waals surface area contributed by atoms with Gasteiger partial charge in [-0.2, -0.15) is 0 Å². The minimum atomic E-state index is -0.649. The molecule has 3 rings (SSSR count). The second-order valence-electron chi connectivity index (χ2n) is 6.40. The van der Waals surface area contributed by atoms with E-state index < -0.39 is 11.2 Å². The van der Waals surface area contributed by atoms with Crippen molar-refractivity contribution in [3.8, 4) is 11.5 Å². The Hall–Kier alpha value is -1.50. The van der Waals surface area contributed by atoms with Crippen LogP contribution in [0.25, 0.3) is 0 Å². The molecule has 24 heavy (non-hydrogen) atoms. The van der Waals surface area contributed by atoms with Gasteiger partial charge in [0.1, 0.15) is 23.0 Å². The predicted molar refractivity (Wildman–Crippen MR) is 88.4 cm³/mol. The summed E-state index contributed by atoms with van der Waals surface area (Å²) in [7, 11) is 3.19. The van der Waals surface area contributed by atoms with E-state index in [-0.39, 0.29) is 18.1 Å². The fourth-order valence-electron chi connectivity index (χ4n) is 3.15. The Kier molecular flexibility index (Phi) is 4.64. The summed E-state index contributed by atoms with van der Waals surface area (Å²) in [4.78, 5) is 14.0. The van der Waals surface area contributed by atoms with E-state index in [9.17, 15) is 4.79 Å². The highest BCUT2D eigenvalue weighted by molar-refractivity contribution is 6.33. The van der Waals surface area contributed by atoms with Crippen LogP contribution in [-0.4, -0.2) is 54.9 Å². The molecule has 2 aliphatic heterocycles. The van der Waals surface area contributed by atoms with Gasteiger partial charge in [-0.15, -0.1) is 11.6 Å². The van der Waals surface area contributed by atoms with Crippen molar-refractivity contribution in [2.24, 2.45) is 0 Å². The first-order valence-corrected chi connectivity index (χ1v) is 8.27. The first-order chi connectivity index (χ1) is 11.4. The summed E-state index contributed by atoms with van der Waals surface area (Å²) in [6.07, 6.45) is -0.232. The van der Waals surface area contributed by atoms with Crippen LogP contribution >= 0.6 is 11.6 Å². The van der Waals surface area contributed by atoms with E-state index in [0.29, 0.717) is 24.7 Å². The van der Waals surface area contributed by atoms with Gasteiger partial charge in [0.15, 0.2) is 5.79 Å². The molecule has 0 N–H and O–H groups in total. The predicted octanol–water partition coefficient (Wildman–Crippen LogP) is 2.17. The second-order valence-corrected chi connectivity index (χ2v) is 6.87. The number of carbonyl (C=O) groups excluding carboxylic acids is 1. The van der Waals surface area contributed by atoms with E-state index in [1.807, 2.05) is 26.0 Å². The van der Waals surface area contributed by atoms with E-state index in [1.165, 1.54) is 0 Å². The van der Waals surface area contributed by atoms with Crippen LogP contribution in [0.1, 0.15) is 19.4 Å². The molecule has 2 fully saturated rings. The highest BCUT2D eigenvalue weighted by atomic mass is 35.5. The molecule has 0 saturated carbocycles. The molecule has 0 aliphatic carbocycles. The molecule has 3 atom stereocenters. The van der Waals surface area contributed by atoms with Crippen LogP contribution in [0.15, 0.2) is 18.2 Å². The zero-order chi connectivity index (χ0) is 17.5. The zero-order valence-electron chi connectivity index (χ0n) is 14.2. The summed E-state index contributed by atoms with van der Waals surface area (Å²) in [6, 6.07) is 5.31. The normalized spacial score (nSPS) is 28.6. The SMILES string of the molecule is COc1ccc(CN2C(=O)[C@@H](Cl)[C@H]2C2COC(C)(C)O2)c(OC)c1. The Morgan fingerprint density at radius 1 is 1.33 bits per heavy atom. The number of β-lactam (4-membered cyclic amide) rings is 1. The van der Waals surface area contributed by atoms with Gasteiger partial charge in [-0.3, -0.25) is 4.79 Å². The lowest BCUT2D eigenvalue weighted by Crippen LogP contribution is -2.66. The number of alkyl halides is 1. The van der Waals surface area contributed by atoms with Gasteiger partial charge < -0.3 is 23.8 Å². The lowest BCUT2D eigenvalue weighted by molar-refractivity contribution is -0.168. The van der Waals surface area contributed by atoms with E-state index >= 15 is 0 Å². The average Bonchev–Trinajstić information content (AvgIpc) is 2.93. The summed E-state index contributed by atoms with van der Waals surface area (Å²) in [6.45, 7) is 4.53. The van der Waals surface area contributed by atoms with Gasteiger partial charge in [-0.25, -0.2) is 0 Å². The number of amides is 1. The average molecular weight is 356 g/mol. The van der Waals surface area contributed by atoms with Crippen LogP contribution in [0.4, 0.5) is 0 Å². The number of hydrogen-bond acceptors (Lipinski definition) is 5. The maximum absolute atomic E-state index is 12.2. The lowest BCUT2D eigenvalue weighted by Gasteiger charge is -2.46. The standard InChI is InChI=1S/C17H22ClNO5/c1-17(2)23-9-13(24-17)15-14(18)16(20)19(15)8-10-5-6-11(21-3)7-12(10)22-4/h5-7,13-15H,8-9H2,1-4H3/t13?,14-,15+/m0/s1. The third-order valence-electron chi connectivity index (χ3n) is 4.42. The number of halogens is 1. The third kappa shape index (κ3) is 3.06. The molecule has 132 valence electrons. The number of nitrogens with zero attached hydrogens (tertiary/aromatic N) is 1. The molecule has 1 unspecified atom stereocenters. The van der Waals surface area contributed by atoms with Crippen molar-refractivity contribution in [1.82, 2.24) is 4.90 Å². The zero-order valence-corrected chi connectivity index (χ0v) is 15.0. The van der Waals surface area contributed by atoms with E-state index in [4.69, 9.17) is 30.5 Å². The summed E-state index contributed by atoms with van der Waals surface area (Å²) < 4.78 is 22.1. The van der Waals surface area contributed by atoms with E-state index in [2.05, 4.69) is 0 Å². The summed E-state index contributed by atoms with van der Waals surface area (Å²) in [5, 5.41) is -0.586. The number of methoxy groups -OCH3 is 2. The van der Waals surface area contributed by atoms with Crippen molar-refractivity contribution >= 4 is 17.5 Å². The van der Waals surface area contributed by atoms with Crippen LogP contribution in [0.3, 0.4) is 0 Å². The van der Waals surface area contributed by atoms with Crippen LogP contribution in [0.5, 0.6) is 11.5 Å². The van der Waals surface area contributed by atoms with Crippen LogP contribution in [-0.2, 0) is 20.8 Å². The summed E-state index contributed by atoms with van der Waals surface area (Å²) >= 11 is 6.24. The van der Waals surface area contributed by atoms with Crippen molar-refractivity contribution in [2.75, 3.05) is 20.8 Å². The molecule has 7 heteroatoms. The summed E-state index contributed by atoms with van der Waals surface area (Å²) in [5.74, 6) is 0.617. The minimum absolute atomic E-state index is 0.104. The summed E-state index contributed by atoms with van der Waals surface area (Å²) in [5.41, 5.74) is 0.887. The molecule has 0 bridgehead atoms. The third-order valence-corrected chi connectivity index (χ3v) is 4.87. The first kappa shape index (κ1) is 17.3. The quantitative estimate of drug-likeness (QED) is 0.598. The molecule has 1 aromatic rings. The van der Waals surface area contributed by atoms with Gasteiger partial charge >= 0.3 is 0 Å². The molecule has 0 aromatic heterocycles. The fraction of sp³-hybridized carbons (Fsp3) is 0.588. The maximum atomic E-state index is 12.2. The van der Waals surface area contributed by atoms with Crippen molar-refractivity contribution < 1.29 is 23.7 Å². The maximum Gasteiger partial charge on any atom is 0.243 e. The molecular formula is C17H22ClNO5. The number of carbonyl (C=O) groups is 1. The first-order valence-electron chi connectivity index (χ1n) is 7.83. The van der Waals surface area contributed by atoms with E-state index in [0.717, 1.165) is 5.56 Å². The van der Waals surface area contributed by atoms with Crippen molar-refractivity contribution in [2.45, 2.75) is 43.7 Å². The highest BCUT2D eigenvalue weighted by Gasteiger charge is 2.54. The number of benzene rings is 1. The Bertz CT molecular complexity index is 635. The van der Waals surface area contributed by atoms with Crippen LogP contribution in [0.2, 0.25) is 0 Å². The van der Waals surface area contributed by atoms with Gasteiger partial charge in [0.05, 0.1) is 26.9 Å². The molecule has 2 aliphatic rings. The van der Waals surface area contributed by atoms with E-state index in [1.54, 1.807) is 25.2 Å². The highest BCUT2D eigenvalue weighted by Crippen LogP contribution is 2.37. The Labute approximate surface area is 146 Å². The Morgan fingerprint density at radius 2 is 2.08 bits per heavy atom. The molecule has 2 heterocycles. The van der Waals surface area contributed by atoms with Crippen molar-refractivity contribution in [1.29, 1.82) is 0 Å². The smallest absolute Gasteiger partial charge is 0.243 e. The number of ether oxygens (including phenoxy) is 4. The van der Waals surface area contributed by atoms with Gasteiger partial charge in [-0.1, -0.05) is 0 Å². The van der Waals surface area contributed by atoms with Gasteiger partial charge in [-0.05, 0) is 26.0 Å². The molecule has 1 aromatic carbocycles. The fourth-order valence-corrected chi connectivity index (χ4v) is 3.57. The number of rotatable bonds is 5. The molecule has 6 nitrogen and oxygen atoms in total. The molecule has 1 amide bonds. The molecular weight excluding hydrogens is 334 g/mol. The Morgan fingerprint density at radius 3 is 2.67 bits per heavy atom. The molecule has 0 spiro atoms. The van der Waals surface area contributed by atoms with Gasteiger partial charge in [0.2, 0.25) is 5.91 Å². The minimum Gasteiger partial charge on any atom is -0.497 e. The largest absolute Gasteiger partial charge is 0.497 e.